The highest BCUT2D eigenvalue weighted by Gasteiger charge is 2.45. The van der Waals surface area contributed by atoms with Gasteiger partial charge in [0.2, 0.25) is 10.0 Å². The summed E-state index contributed by atoms with van der Waals surface area (Å²) in [7, 11) is -2.52. The molecule has 0 unspecified atom stereocenters. The molecule has 1 saturated carbocycles. The Morgan fingerprint density at radius 3 is 2.71 bits per heavy atom. The average molecular weight is 517 g/mol. The van der Waals surface area contributed by atoms with Gasteiger partial charge < -0.3 is 10.2 Å². The summed E-state index contributed by atoms with van der Waals surface area (Å²) in [6, 6.07) is 6.29. The number of hydrogen-bond acceptors (Lipinski definition) is 7. The van der Waals surface area contributed by atoms with Crippen LogP contribution in [0.25, 0.3) is 0 Å². The number of sulfonamides is 1. The van der Waals surface area contributed by atoms with Crippen molar-refractivity contribution in [3.05, 3.63) is 64.4 Å². The predicted octanol–water partition coefficient (Wildman–Crippen LogP) is 3.39. The molecule has 1 aliphatic heterocycles. The lowest BCUT2D eigenvalue weighted by Crippen LogP contribution is -2.38. The van der Waals surface area contributed by atoms with Crippen LogP contribution in [0.2, 0.25) is 0 Å². The minimum atomic E-state index is -3.83. The monoisotopic (exact) mass is 516 g/mol. The Bertz CT molecular complexity index is 1380. The SMILES string of the molecule is CNS(=O)(=O)c1cnc(C2CC2)cc1NC(=O)N1CC[C@@](c2ccc(C)c(F)c2)(c2ncns2)C1. The molecule has 2 aromatic heterocycles. The van der Waals surface area contributed by atoms with Gasteiger partial charge >= 0.3 is 6.03 Å². The Balaban J connectivity index is 1.46. The van der Waals surface area contributed by atoms with E-state index in [2.05, 4.69) is 24.4 Å². The molecule has 35 heavy (non-hydrogen) atoms. The lowest BCUT2D eigenvalue weighted by atomic mass is 9.80. The van der Waals surface area contributed by atoms with Crippen LogP contribution in [0.5, 0.6) is 0 Å². The zero-order chi connectivity index (χ0) is 24.8. The normalized spacial score (nSPS) is 20.3. The summed E-state index contributed by atoms with van der Waals surface area (Å²) in [5.41, 5.74) is 1.51. The second-order valence-corrected chi connectivity index (χ2v) is 11.6. The molecule has 0 radical (unpaired) electrons. The van der Waals surface area contributed by atoms with Crippen molar-refractivity contribution < 1.29 is 17.6 Å². The number of nitrogens with one attached hydrogen (secondary N) is 2. The van der Waals surface area contributed by atoms with Crippen molar-refractivity contribution in [2.45, 2.75) is 42.4 Å². The summed E-state index contributed by atoms with van der Waals surface area (Å²) in [5.74, 6) is -0.0362. The van der Waals surface area contributed by atoms with Crippen molar-refractivity contribution in [3.8, 4) is 0 Å². The largest absolute Gasteiger partial charge is 0.323 e. The maximum absolute atomic E-state index is 14.5. The van der Waals surface area contributed by atoms with E-state index in [0.717, 1.165) is 24.1 Å². The van der Waals surface area contributed by atoms with Crippen LogP contribution >= 0.6 is 11.5 Å². The quantitative estimate of drug-likeness (QED) is 0.519. The molecule has 1 atom stereocenters. The third-order valence-corrected chi connectivity index (χ3v) is 9.05. The van der Waals surface area contributed by atoms with E-state index in [-0.39, 0.29) is 28.9 Å². The maximum atomic E-state index is 14.5. The summed E-state index contributed by atoms with van der Waals surface area (Å²) in [6.07, 6.45) is 5.26. The molecule has 3 aromatic rings. The number of benzene rings is 1. The van der Waals surface area contributed by atoms with Crippen LogP contribution in [0, 0.1) is 12.7 Å². The molecule has 2 N–H and O–H groups in total. The van der Waals surface area contributed by atoms with E-state index in [1.54, 1.807) is 24.0 Å². The molecule has 0 bridgehead atoms. The van der Waals surface area contributed by atoms with Crippen LogP contribution in [0.1, 0.15) is 47.0 Å². The molecule has 9 nitrogen and oxygen atoms in total. The number of aryl methyl sites for hydroxylation is 1. The van der Waals surface area contributed by atoms with Gasteiger partial charge in [-0.3, -0.25) is 4.98 Å². The second-order valence-electron chi connectivity index (χ2n) is 8.98. The fraction of sp³-hybridized carbons (Fsp3) is 0.391. The number of halogens is 1. The van der Waals surface area contributed by atoms with Gasteiger partial charge in [-0.2, -0.15) is 4.37 Å². The average Bonchev–Trinajstić information content (AvgIpc) is 3.35. The molecule has 2 amide bonds. The molecule has 5 rings (SSSR count). The van der Waals surface area contributed by atoms with E-state index in [0.29, 0.717) is 23.5 Å². The van der Waals surface area contributed by atoms with Crippen LogP contribution in [0.15, 0.2) is 41.7 Å². The smallest absolute Gasteiger partial charge is 0.321 e. The molecule has 1 aromatic carbocycles. The second kappa shape index (κ2) is 8.92. The molecule has 1 saturated heterocycles. The number of aromatic nitrogens is 3. The Hall–Kier alpha value is -2.96. The Labute approximate surface area is 207 Å². The summed E-state index contributed by atoms with van der Waals surface area (Å²) < 4.78 is 46.0. The van der Waals surface area contributed by atoms with E-state index >= 15 is 0 Å². The van der Waals surface area contributed by atoms with Gasteiger partial charge in [0.05, 0.1) is 11.1 Å². The highest BCUT2D eigenvalue weighted by Crippen LogP contribution is 2.43. The van der Waals surface area contributed by atoms with Crippen LogP contribution < -0.4 is 10.0 Å². The van der Waals surface area contributed by atoms with Crippen molar-refractivity contribution in [1.29, 1.82) is 0 Å². The molecular weight excluding hydrogens is 491 g/mol. The molecule has 184 valence electrons. The molecule has 12 heteroatoms. The summed E-state index contributed by atoms with van der Waals surface area (Å²) >= 11 is 1.22. The van der Waals surface area contributed by atoms with E-state index in [4.69, 9.17) is 0 Å². The Kier molecular flexibility index (Phi) is 6.06. The molecule has 1 aliphatic carbocycles. The number of carbonyl (C=O) groups is 1. The summed E-state index contributed by atoms with van der Waals surface area (Å²) in [4.78, 5) is 23.6. The van der Waals surface area contributed by atoms with Gasteiger partial charge in [0, 0.05) is 30.9 Å². The van der Waals surface area contributed by atoms with Gasteiger partial charge in [-0.05, 0) is 68.0 Å². The molecule has 2 aliphatic rings. The van der Waals surface area contributed by atoms with Crippen molar-refractivity contribution in [3.63, 3.8) is 0 Å². The van der Waals surface area contributed by atoms with E-state index in [9.17, 15) is 17.6 Å². The minimum absolute atomic E-state index is 0.0899. The van der Waals surface area contributed by atoms with E-state index in [1.807, 2.05) is 6.07 Å². The van der Waals surface area contributed by atoms with Gasteiger partial charge in [-0.25, -0.2) is 27.3 Å². The Morgan fingerprint density at radius 2 is 2.06 bits per heavy atom. The lowest BCUT2D eigenvalue weighted by molar-refractivity contribution is 0.220. The van der Waals surface area contributed by atoms with Gasteiger partial charge in [0.15, 0.2) is 0 Å². The topological polar surface area (TPSA) is 117 Å². The van der Waals surface area contributed by atoms with Crippen molar-refractivity contribution in [2.75, 3.05) is 25.5 Å². The third-order valence-electron chi connectivity index (χ3n) is 6.74. The van der Waals surface area contributed by atoms with Crippen LogP contribution in [0.4, 0.5) is 14.9 Å². The fourth-order valence-corrected chi connectivity index (χ4v) is 6.03. The molecule has 2 fully saturated rings. The number of likely N-dealkylation sites (tertiary alicyclic amines) is 1. The first-order chi connectivity index (χ1) is 16.7. The first-order valence-electron chi connectivity index (χ1n) is 11.3. The van der Waals surface area contributed by atoms with Crippen molar-refractivity contribution in [1.82, 2.24) is 24.0 Å². The van der Waals surface area contributed by atoms with Crippen LogP contribution in [0.3, 0.4) is 0 Å². The van der Waals surface area contributed by atoms with Gasteiger partial charge in [0.1, 0.15) is 22.0 Å². The number of nitrogens with zero attached hydrogens (tertiary/aromatic N) is 4. The van der Waals surface area contributed by atoms with Crippen molar-refractivity contribution in [2.24, 2.45) is 0 Å². The minimum Gasteiger partial charge on any atom is -0.323 e. The highest BCUT2D eigenvalue weighted by atomic mass is 32.2. The molecular formula is C23H25FN6O3S2. The molecule has 3 heterocycles. The van der Waals surface area contributed by atoms with Gasteiger partial charge in [0.25, 0.3) is 0 Å². The number of hydrogen-bond donors (Lipinski definition) is 2. The number of carbonyl (C=O) groups excluding carboxylic acids is 1. The zero-order valence-corrected chi connectivity index (χ0v) is 20.9. The number of urea groups is 1. The molecule has 0 spiro atoms. The van der Waals surface area contributed by atoms with Crippen LogP contribution in [-0.2, 0) is 15.4 Å². The number of anilines is 1. The summed E-state index contributed by atoms with van der Waals surface area (Å²) in [6.45, 7) is 2.34. The Morgan fingerprint density at radius 1 is 1.26 bits per heavy atom. The third kappa shape index (κ3) is 4.41. The first-order valence-corrected chi connectivity index (χ1v) is 13.5. The first kappa shape index (κ1) is 23.8. The van der Waals surface area contributed by atoms with Gasteiger partial charge in [-0.15, -0.1) is 0 Å². The van der Waals surface area contributed by atoms with Crippen molar-refractivity contribution >= 4 is 33.3 Å². The van der Waals surface area contributed by atoms with E-state index < -0.39 is 21.5 Å². The standard InChI is InChI=1S/C23H25FN6O3S2/c1-14-3-6-16(9-17(14)24)23(21-27-13-28-34-21)7-8-30(12-23)22(31)29-19-10-18(15-4-5-15)26-11-20(19)35(32,33)25-2/h3,6,9-11,13,15,25H,4-5,7-8,12H2,1-2H3,(H,26,29,31)/t23-/m1/s1. The van der Waals surface area contributed by atoms with Gasteiger partial charge in [-0.1, -0.05) is 12.1 Å². The predicted molar refractivity (Wildman–Crippen MR) is 129 cm³/mol. The fourth-order valence-electron chi connectivity index (χ4n) is 4.47. The number of pyridine rings is 1. The number of rotatable bonds is 6. The van der Waals surface area contributed by atoms with Crippen LogP contribution in [-0.4, -0.2) is 53.8 Å². The zero-order valence-electron chi connectivity index (χ0n) is 19.3. The highest BCUT2D eigenvalue weighted by molar-refractivity contribution is 7.89. The number of amides is 2. The lowest BCUT2D eigenvalue weighted by Gasteiger charge is -2.28. The maximum Gasteiger partial charge on any atom is 0.321 e. The van der Waals surface area contributed by atoms with E-state index in [1.165, 1.54) is 37.2 Å². The summed E-state index contributed by atoms with van der Waals surface area (Å²) in [5, 5.41) is 3.50.